The molecule has 1 aromatic carbocycles. The van der Waals surface area contributed by atoms with Gasteiger partial charge in [0.25, 0.3) is 0 Å². The molecule has 0 heterocycles. The van der Waals surface area contributed by atoms with E-state index >= 15 is 0 Å². The smallest absolute Gasteiger partial charge is 0.423 e. The second-order valence-electron chi connectivity index (χ2n) is 3.47. The van der Waals surface area contributed by atoms with E-state index in [9.17, 15) is 0 Å². The third-order valence-corrected chi connectivity index (χ3v) is 2.08. The molecule has 3 nitrogen and oxygen atoms in total. The number of anilines is 1. The summed E-state index contributed by atoms with van der Waals surface area (Å²) < 4.78 is 0. The number of nitrogens with one attached hydrogen (secondary N) is 1. The van der Waals surface area contributed by atoms with Crippen LogP contribution in [0.3, 0.4) is 0 Å². The summed E-state index contributed by atoms with van der Waals surface area (Å²) >= 11 is 0. The Labute approximate surface area is 90.6 Å². The minimum Gasteiger partial charge on any atom is -0.423 e. The quantitative estimate of drug-likeness (QED) is 0.630. The molecule has 80 valence electrons. The van der Waals surface area contributed by atoms with E-state index in [4.69, 9.17) is 10.0 Å². The van der Waals surface area contributed by atoms with E-state index in [2.05, 4.69) is 18.8 Å². The van der Waals surface area contributed by atoms with Gasteiger partial charge in [-0.1, -0.05) is 32.1 Å². The second-order valence-corrected chi connectivity index (χ2v) is 3.47. The summed E-state index contributed by atoms with van der Waals surface area (Å²) in [5, 5.41) is 20.9. The molecular weight excluding hydrogens is 189 g/mol. The normalized spacial score (nSPS) is 9.80. The summed E-state index contributed by atoms with van der Waals surface area (Å²) in [5.41, 5.74) is 2.37. The first kappa shape index (κ1) is 11.8. The molecule has 15 heavy (non-hydrogen) atoms. The second kappa shape index (κ2) is 5.58. The Hall–Kier alpha value is -1.26. The molecule has 0 aromatic heterocycles. The van der Waals surface area contributed by atoms with E-state index in [1.165, 1.54) is 0 Å². The predicted octanol–water partition coefficient (Wildman–Crippen LogP) is 1.09. The highest BCUT2D eigenvalue weighted by Crippen LogP contribution is 2.10. The topological polar surface area (TPSA) is 52.5 Å². The van der Waals surface area contributed by atoms with Gasteiger partial charge in [0, 0.05) is 11.4 Å². The van der Waals surface area contributed by atoms with Crippen LogP contribution in [0.15, 0.2) is 36.5 Å². The Kier molecular flexibility index (Phi) is 4.40. The largest absolute Gasteiger partial charge is 0.488 e. The van der Waals surface area contributed by atoms with Gasteiger partial charge in [-0.2, -0.15) is 0 Å². The van der Waals surface area contributed by atoms with Crippen LogP contribution in [-0.4, -0.2) is 17.2 Å². The van der Waals surface area contributed by atoms with Gasteiger partial charge in [0.05, 0.1) is 0 Å². The molecule has 0 aliphatic rings. The van der Waals surface area contributed by atoms with Gasteiger partial charge in [-0.15, -0.1) is 0 Å². The van der Waals surface area contributed by atoms with Gasteiger partial charge in [-0.05, 0) is 24.0 Å². The van der Waals surface area contributed by atoms with Crippen molar-refractivity contribution in [3.05, 3.63) is 36.5 Å². The molecule has 0 amide bonds. The zero-order valence-electron chi connectivity index (χ0n) is 8.90. The van der Waals surface area contributed by atoms with Crippen LogP contribution in [0.4, 0.5) is 5.69 Å². The van der Waals surface area contributed by atoms with Crippen LogP contribution in [0.1, 0.15) is 19.8 Å². The Balaban J connectivity index is 2.60. The summed E-state index contributed by atoms with van der Waals surface area (Å²) in [4.78, 5) is 0. The lowest BCUT2D eigenvalue weighted by molar-refractivity contribution is 0.426. The average molecular weight is 205 g/mol. The number of allylic oxidation sites excluding steroid dienone is 1. The number of hydrogen-bond donors (Lipinski definition) is 3. The molecule has 1 rings (SSSR count). The molecule has 0 aliphatic carbocycles. The molecule has 4 heteroatoms. The summed E-state index contributed by atoms with van der Waals surface area (Å²) in [6.07, 6.45) is 1.99. The van der Waals surface area contributed by atoms with Gasteiger partial charge in [-0.25, -0.2) is 0 Å². The fourth-order valence-corrected chi connectivity index (χ4v) is 1.31. The zero-order valence-corrected chi connectivity index (χ0v) is 8.90. The van der Waals surface area contributed by atoms with Crippen LogP contribution < -0.4 is 10.8 Å². The van der Waals surface area contributed by atoms with Crippen LogP contribution in [-0.2, 0) is 0 Å². The maximum absolute atomic E-state index is 8.90. The van der Waals surface area contributed by atoms with Gasteiger partial charge in [-0.3, -0.25) is 0 Å². The minimum absolute atomic E-state index is 0.488. The van der Waals surface area contributed by atoms with Gasteiger partial charge in [0.2, 0.25) is 0 Å². The number of rotatable bonds is 5. The highest BCUT2D eigenvalue weighted by atomic mass is 16.4. The van der Waals surface area contributed by atoms with Crippen molar-refractivity contribution in [2.75, 3.05) is 5.32 Å². The monoisotopic (exact) mass is 205 g/mol. The molecule has 0 fully saturated rings. The molecule has 1 aromatic rings. The van der Waals surface area contributed by atoms with E-state index in [1.807, 2.05) is 0 Å². The van der Waals surface area contributed by atoms with Crippen LogP contribution >= 0.6 is 0 Å². The summed E-state index contributed by atoms with van der Waals surface area (Å²) in [7, 11) is -1.40. The van der Waals surface area contributed by atoms with Crippen molar-refractivity contribution >= 4 is 18.3 Å². The third kappa shape index (κ3) is 3.77. The van der Waals surface area contributed by atoms with Crippen molar-refractivity contribution in [1.82, 2.24) is 0 Å². The molecule has 0 aliphatic heterocycles. The van der Waals surface area contributed by atoms with Crippen molar-refractivity contribution in [3.8, 4) is 0 Å². The molecular formula is C11H16BNO2. The molecule has 0 spiro atoms. The Morgan fingerprint density at radius 1 is 1.33 bits per heavy atom. The fourth-order valence-electron chi connectivity index (χ4n) is 1.31. The standard InChI is InChI=1S/C11H16BNO2/c1-3-4-9(2)13-11-7-5-10(6-8-11)12(14)15/h5-8,13-15H,2-4H2,1H3. The van der Waals surface area contributed by atoms with E-state index in [0.717, 1.165) is 24.2 Å². The van der Waals surface area contributed by atoms with Crippen LogP contribution in [0.2, 0.25) is 0 Å². The molecule has 0 saturated carbocycles. The van der Waals surface area contributed by atoms with Crippen molar-refractivity contribution in [2.45, 2.75) is 19.8 Å². The lowest BCUT2D eigenvalue weighted by Crippen LogP contribution is -2.29. The van der Waals surface area contributed by atoms with Crippen molar-refractivity contribution in [2.24, 2.45) is 0 Å². The van der Waals surface area contributed by atoms with E-state index in [0.29, 0.717) is 5.46 Å². The Morgan fingerprint density at radius 2 is 1.93 bits per heavy atom. The predicted molar refractivity (Wildman–Crippen MR) is 63.9 cm³/mol. The van der Waals surface area contributed by atoms with Crippen molar-refractivity contribution in [1.29, 1.82) is 0 Å². The zero-order chi connectivity index (χ0) is 11.3. The first-order valence-electron chi connectivity index (χ1n) is 5.04. The van der Waals surface area contributed by atoms with E-state index in [1.54, 1.807) is 24.3 Å². The average Bonchev–Trinajstić information content (AvgIpc) is 2.18. The van der Waals surface area contributed by atoms with Gasteiger partial charge in [0.15, 0.2) is 0 Å². The van der Waals surface area contributed by atoms with Gasteiger partial charge in [0.1, 0.15) is 0 Å². The summed E-state index contributed by atoms with van der Waals surface area (Å²) in [5.74, 6) is 0. The number of hydrogen-bond acceptors (Lipinski definition) is 3. The minimum atomic E-state index is -1.40. The Morgan fingerprint density at radius 3 is 2.40 bits per heavy atom. The van der Waals surface area contributed by atoms with Gasteiger partial charge >= 0.3 is 7.12 Å². The Bertz CT molecular complexity index is 322. The van der Waals surface area contributed by atoms with Crippen LogP contribution in [0, 0.1) is 0 Å². The molecule has 3 N–H and O–H groups in total. The first-order chi connectivity index (χ1) is 7.13. The highest BCUT2D eigenvalue weighted by molar-refractivity contribution is 6.58. The van der Waals surface area contributed by atoms with E-state index < -0.39 is 7.12 Å². The molecule has 0 saturated heterocycles. The summed E-state index contributed by atoms with van der Waals surface area (Å²) in [6.45, 7) is 5.98. The molecule has 0 atom stereocenters. The lowest BCUT2D eigenvalue weighted by atomic mass is 9.80. The SMILES string of the molecule is C=C(CCC)Nc1ccc(B(O)O)cc1. The van der Waals surface area contributed by atoms with Crippen molar-refractivity contribution < 1.29 is 10.0 Å². The molecule has 0 radical (unpaired) electrons. The maximum atomic E-state index is 8.90. The molecule has 0 bridgehead atoms. The van der Waals surface area contributed by atoms with Gasteiger partial charge < -0.3 is 15.4 Å². The first-order valence-corrected chi connectivity index (χ1v) is 5.04. The maximum Gasteiger partial charge on any atom is 0.488 e. The summed E-state index contributed by atoms with van der Waals surface area (Å²) in [6, 6.07) is 6.95. The lowest BCUT2D eigenvalue weighted by Gasteiger charge is -2.09. The third-order valence-electron chi connectivity index (χ3n) is 2.08. The highest BCUT2D eigenvalue weighted by Gasteiger charge is 2.09. The van der Waals surface area contributed by atoms with Crippen molar-refractivity contribution in [3.63, 3.8) is 0 Å². The number of benzene rings is 1. The van der Waals surface area contributed by atoms with Crippen LogP contribution in [0.5, 0.6) is 0 Å². The molecule has 0 unspecified atom stereocenters. The van der Waals surface area contributed by atoms with Crippen LogP contribution in [0.25, 0.3) is 0 Å². The fraction of sp³-hybridized carbons (Fsp3) is 0.273. The van der Waals surface area contributed by atoms with E-state index in [-0.39, 0.29) is 0 Å².